The number of carbonyl (C=O) groups excluding carboxylic acids is 1. The van der Waals surface area contributed by atoms with E-state index in [1.54, 1.807) is 16.9 Å². The van der Waals surface area contributed by atoms with Crippen molar-refractivity contribution < 1.29 is 4.79 Å². The molecule has 0 unspecified atom stereocenters. The number of hydrogen-bond donors (Lipinski definition) is 1. The van der Waals surface area contributed by atoms with Crippen LogP contribution >= 0.6 is 0 Å². The Kier molecular flexibility index (Phi) is 4.76. The van der Waals surface area contributed by atoms with Gasteiger partial charge in [0.25, 0.3) is 5.91 Å². The first-order valence-corrected chi connectivity index (χ1v) is 8.29. The molecule has 1 fully saturated rings. The van der Waals surface area contributed by atoms with Gasteiger partial charge in [0.2, 0.25) is 0 Å². The molecule has 1 aromatic carbocycles. The molecule has 1 aromatic heterocycles. The van der Waals surface area contributed by atoms with Crippen LogP contribution in [0, 0.1) is 0 Å². The average Bonchev–Trinajstić information content (AvgIpc) is 3.18. The molecule has 2 aromatic rings. The summed E-state index contributed by atoms with van der Waals surface area (Å²) in [7, 11) is 0. The Morgan fingerprint density at radius 3 is 2.78 bits per heavy atom. The van der Waals surface area contributed by atoms with Gasteiger partial charge in [-0.15, -0.1) is 0 Å². The van der Waals surface area contributed by atoms with Gasteiger partial charge >= 0.3 is 0 Å². The molecule has 5 heteroatoms. The third-order valence-electron chi connectivity index (χ3n) is 4.18. The van der Waals surface area contributed by atoms with Crippen LogP contribution in [0.25, 0.3) is 0 Å². The topological polar surface area (TPSA) is 50.2 Å². The van der Waals surface area contributed by atoms with Crippen molar-refractivity contribution in [2.24, 2.45) is 0 Å². The minimum Gasteiger partial charge on any atom is -0.321 e. The molecule has 0 saturated carbocycles. The van der Waals surface area contributed by atoms with E-state index in [-0.39, 0.29) is 11.9 Å². The Hall–Kier alpha value is -2.14. The van der Waals surface area contributed by atoms with Gasteiger partial charge in [0.1, 0.15) is 5.69 Å². The second kappa shape index (κ2) is 6.96. The van der Waals surface area contributed by atoms with Crippen LogP contribution < -0.4 is 5.32 Å². The maximum Gasteiger partial charge on any atom is 0.273 e. The molecule has 23 heavy (non-hydrogen) atoms. The van der Waals surface area contributed by atoms with Crippen molar-refractivity contribution in [3.8, 4) is 0 Å². The van der Waals surface area contributed by atoms with Crippen LogP contribution in [-0.2, 0) is 6.54 Å². The van der Waals surface area contributed by atoms with Crippen LogP contribution in [0.1, 0.15) is 48.8 Å². The SMILES string of the molecule is CC(C)n1nccc1C(=O)Nc1cccc(CN2CCCC2)c1. The number of likely N-dealkylation sites (tertiary alicyclic amines) is 1. The van der Waals surface area contributed by atoms with E-state index in [0.717, 1.165) is 12.2 Å². The number of rotatable bonds is 5. The number of aromatic nitrogens is 2. The lowest BCUT2D eigenvalue weighted by Crippen LogP contribution is -2.20. The van der Waals surface area contributed by atoms with E-state index in [0.29, 0.717) is 5.69 Å². The molecule has 0 spiro atoms. The smallest absolute Gasteiger partial charge is 0.273 e. The number of hydrogen-bond acceptors (Lipinski definition) is 3. The lowest BCUT2D eigenvalue weighted by Gasteiger charge is -2.15. The first-order valence-electron chi connectivity index (χ1n) is 8.29. The predicted octanol–water partition coefficient (Wildman–Crippen LogP) is 3.31. The van der Waals surface area contributed by atoms with Crippen LogP contribution in [0.5, 0.6) is 0 Å². The molecule has 2 heterocycles. The highest BCUT2D eigenvalue weighted by Crippen LogP contribution is 2.17. The second-order valence-electron chi connectivity index (χ2n) is 6.39. The maximum absolute atomic E-state index is 12.5. The molecule has 0 radical (unpaired) electrons. The third kappa shape index (κ3) is 3.79. The summed E-state index contributed by atoms with van der Waals surface area (Å²) in [5.41, 5.74) is 2.66. The van der Waals surface area contributed by atoms with Crippen molar-refractivity contribution in [2.45, 2.75) is 39.3 Å². The van der Waals surface area contributed by atoms with Gasteiger partial charge in [-0.2, -0.15) is 5.10 Å². The zero-order valence-corrected chi connectivity index (χ0v) is 13.8. The summed E-state index contributed by atoms with van der Waals surface area (Å²) in [6, 6.07) is 10.0. The number of carbonyl (C=O) groups is 1. The van der Waals surface area contributed by atoms with Gasteiger partial charge in [-0.25, -0.2) is 0 Å². The zero-order valence-electron chi connectivity index (χ0n) is 13.8. The fourth-order valence-electron chi connectivity index (χ4n) is 3.05. The van der Waals surface area contributed by atoms with Gasteiger partial charge in [-0.1, -0.05) is 12.1 Å². The van der Waals surface area contributed by atoms with Gasteiger partial charge in [-0.3, -0.25) is 14.4 Å². The van der Waals surface area contributed by atoms with Gasteiger partial charge in [0, 0.05) is 24.5 Å². The highest BCUT2D eigenvalue weighted by Gasteiger charge is 2.15. The fourth-order valence-corrected chi connectivity index (χ4v) is 3.05. The van der Waals surface area contributed by atoms with E-state index in [2.05, 4.69) is 27.4 Å². The lowest BCUT2D eigenvalue weighted by molar-refractivity contribution is 0.101. The second-order valence-corrected chi connectivity index (χ2v) is 6.39. The number of amides is 1. The van der Waals surface area contributed by atoms with Gasteiger partial charge < -0.3 is 5.32 Å². The summed E-state index contributed by atoms with van der Waals surface area (Å²) in [5.74, 6) is -0.116. The first-order chi connectivity index (χ1) is 11.1. The Bertz CT molecular complexity index is 671. The van der Waals surface area contributed by atoms with Crippen LogP contribution in [0.4, 0.5) is 5.69 Å². The molecule has 0 atom stereocenters. The standard InChI is InChI=1S/C18H24N4O/c1-14(2)22-17(8-9-19-22)18(23)20-16-7-5-6-15(12-16)13-21-10-3-4-11-21/h5-9,12,14H,3-4,10-11,13H2,1-2H3,(H,20,23). The monoisotopic (exact) mass is 312 g/mol. The Balaban J connectivity index is 1.69. The molecule has 0 bridgehead atoms. The van der Waals surface area contributed by atoms with Crippen LogP contribution in [0.3, 0.4) is 0 Å². The Morgan fingerprint density at radius 1 is 1.26 bits per heavy atom. The summed E-state index contributed by atoms with van der Waals surface area (Å²) in [6.45, 7) is 7.32. The van der Waals surface area contributed by atoms with Crippen molar-refractivity contribution >= 4 is 11.6 Å². The van der Waals surface area contributed by atoms with Crippen molar-refractivity contribution in [3.63, 3.8) is 0 Å². The summed E-state index contributed by atoms with van der Waals surface area (Å²) in [5, 5.41) is 7.20. The predicted molar refractivity (Wildman–Crippen MR) is 91.5 cm³/mol. The Labute approximate surface area is 137 Å². The minimum atomic E-state index is -0.116. The van der Waals surface area contributed by atoms with Crippen LogP contribution in [0.15, 0.2) is 36.5 Å². The molecule has 1 aliphatic rings. The summed E-state index contributed by atoms with van der Waals surface area (Å²) >= 11 is 0. The molecule has 1 saturated heterocycles. The van der Waals surface area contributed by atoms with E-state index in [1.807, 2.05) is 26.0 Å². The maximum atomic E-state index is 12.5. The molecular weight excluding hydrogens is 288 g/mol. The highest BCUT2D eigenvalue weighted by molar-refractivity contribution is 6.03. The zero-order chi connectivity index (χ0) is 16.2. The molecule has 122 valence electrons. The summed E-state index contributed by atoms with van der Waals surface area (Å²) < 4.78 is 1.74. The molecular formula is C18H24N4O. The number of benzene rings is 1. The third-order valence-corrected chi connectivity index (χ3v) is 4.18. The molecule has 1 aliphatic heterocycles. The van der Waals surface area contributed by atoms with Gasteiger partial charge in [0.15, 0.2) is 0 Å². The largest absolute Gasteiger partial charge is 0.321 e. The number of nitrogens with zero attached hydrogens (tertiary/aromatic N) is 3. The normalized spacial score (nSPS) is 15.3. The van der Waals surface area contributed by atoms with Gasteiger partial charge in [-0.05, 0) is 63.5 Å². The number of nitrogens with one attached hydrogen (secondary N) is 1. The fraction of sp³-hybridized carbons (Fsp3) is 0.444. The van der Waals surface area contributed by atoms with Crippen LogP contribution in [-0.4, -0.2) is 33.7 Å². The first kappa shape index (κ1) is 15.7. The van der Waals surface area contributed by atoms with Crippen molar-refractivity contribution in [2.75, 3.05) is 18.4 Å². The molecule has 3 rings (SSSR count). The van der Waals surface area contributed by atoms with E-state index in [9.17, 15) is 4.79 Å². The van der Waals surface area contributed by atoms with Crippen LogP contribution in [0.2, 0.25) is 0 Å². The minimum absolute atomic E-state index is 0.116. The number of anilines is 1. The molecule has 1 amide bonds. The van der Waals surface area contributed by atoms with E-state index >= 15 is 0 Å². The highest BCUT2D eigenvalue weighted by atomic mass is 16.2. The van der Waals surface area contributed by atoms with Crippen molar-refractivity contribution in [3.05, 3.63) is 47.8 Å². The summed E-state index contributed by atoms with van der Waals surface area (Å²) in [4.78, 5) is 14.9. The Morgan fingerprint density at radius 2 is 2.04 bits per heavy atom. The molecule has 1 N–H and O–H groups in total. The molecule has 0 aliphatic carbocycles. The molecule has 5 nitrogen and oxygen atoms in total. The van der Waals surface area contributed by atoms with Gasteiger partial charge in [0.05, 0.1) is 0 Å². The van der Waals surface area contributed by atoms with E-state index in [1.165, 1.54) is 31.5 Å². The van der Waals surface area contributed by atoms with E-state index in [4.69, 9.17) is 0 Å². The summed E-state index contributed by atoms with van der Waals surface area (Å²) in [6.07, 6.45) is 4.24. The van der Waals surface area contributed by atoms with E-state index < -0.39 is 0 Å². The quantitative estimate of drug-likeness (QED) is 0.921. The van der Waals surface area contributed by atoms with Crippen molar-refractivity contribution in [1.82, 2.24) is 14.7 Å². The lowest BCUT2D eigenvalue weighted by atomic mass is 10.2. The average molecular weight is 312 g/mol. The van der Waals surface area contributed by atoms with Crippen molar-refractivity contribution in [1.29, 1.82) is 0 Å².